The van der Waals surface area contributed by atoms with Crippen LogP contribution >= 0.6 is 0 Å². The maximum atomic E-state index is 11.8. The van der Waals surface area contributed by atoms with E-state index in [1.54, 1.807) is 12.1 Å². The molecule has 1 fully saturated rings. The number of fused-ring (bicyclic) bond motifs is 1. The Morgan fingerprint density at radius 3 is 2.46 bits per heavy atom. The van der Waals surface area contributed by atoms with E-state index in [0.29, 0.717) is 18.6 Å². The number of benzene rings is 2. The van der Waals surface area contributed by atoms with Gasteiger partial charge in [0.2, 0.25) is 0 Å². The first-order valence-corrected chi connectivity index (χ1v) is 8.04. The van der Waals surface area contributed by atoms with Crippen molar-refractivity contribution in [3.05, 3.63) is 48.0 Å². The number of aliphatic carboxylic acids is 2. The van der Waals surface area contributed by atoms with E-state index in [2.05, 4.69) is 0 Å². The van der Waals surface area contributed by atoms with Gasteiger partial charge in [-0.1, -0.05) is 42.5 Å². The van der Waals surface area contributed by atoms with Crippen LogP contribution < -0.4 is 10.2 Å². The fourth-order valence-corrected chi connectivity index (χ4v) is 3.43. The summed E-state index contributed by atoms with van der Waals surface area (Å²) >= 11 is 0. The molecule has 0 N–H and O–H groups in total. The molecule has 2 aromatic carbocycles. The summed E-state index contributed by atoms with van der Waals surface area (Å²) in [6.07, 6.45) is 0.739. The van der Waals surface area contributed by atoms with E-state index in [4.69, 9.17) is 4.74 Å². The third-order valence-corrected chi connectivity index (χ3v) is 4.75. The molecular formula is C19H18O5-2. The monoisotopic (exact) mass is 326 g/mol. The Balaban J connectivity index is 2.01. The Morgan fingerprint density at radius 1 is 1.08 bits per heavy atom. The fourth-order valence-electron chi connectivity index (χ4n) is 3.43. The minimum atomic E-state index is -2.10. The smallest absolute Gasteiger partial charge is 0.0588 e. The summed E-state index contributed by atoms with van der Waals surface area (Å²) in [5.74, 6) is -3.24. The topological polar surface area (TPSA) is 89.5 Å². The van der Waals surface area contributed by atoms with E-state index in [1.807, 2.05) is 30.3 Å². The van der Waals surface area contributed by atoms with Gasteiger partial charge in [-0.05, 0) is 42.0 Å². The summed E-state index contributed by atoms with van der Waals surface area (Å²) < 4.78 is 5.45. The molecule has 2 aromatic rings. The van der Waals surface area contributed by atoms with Gasteiger partial charge in [0, 0.05) is 6.61 Å². The van der Waals surface area contributed by atoms with Crippen LogP contribution in [0.15, 0.2) is 42.5 Å². The summed E-state index contributed by atoms with van der Waals surface area (Å²) in [5.41, 5.74) is -1.45. The molecule has 5 nitrogen and oxygen atoms in total. The van der Waals surface area contributed by atoms with Gasteiger partial charge in [0.25, 0.3) is 0 Å². The average molecular weight is 326 g/mol. The van der Waals surface area contributed by atoms with Crippen molar-refractivity contribution in [1.29, 1.82) is 0 Å². The summed E-state index contributed by atoms with van der Waals surface area (Å²) in [7, 11) is 0. The zero-order valence-corrected chi connectivity index (χ0v) is 13.2. The zero-order valence-electron chi connectivity index (χ0n) is 13.2. The Bertz CT molecular complexity index is 742. The standard InChI is InChI=1S/C19H20O5/c20-17(21)19(18(22)23,12-15-8-4-10-24-15)11-14-7-3-6-13-5-1-2-9-16(13)14/h1-3,5-7,9,15H,4,8,10-12H2,(H,20,21)(H,22,23)/p-2/t15-/m1/s1. The summed E-state index contributed by atoms with van der Waals surface area (Å²) in [5, 5.41) is 25.4. The lowest BCUT2D eigenvalue weighted by Gasteiger charge is -2.38. The Morgan fingerprint density at radius 2 is 1.79 bits per heavy atom. The van der Waals surface area contributed by atoms with E-state index in [-0.39, 0.29) is 12.8 Å². The van der Waals surface area contributed by atoms with E-state index in [0.717, 1.165) is 17.2 Å². The number of hydrogen-bond acceptors (Lipinski definition) is 5. The molecule has 1 aliphatic rings. The number of carbonyl (C=O) groups is 2. The van der Waals surface area contributed by atoms with Crippen LogP contribution in [0.2, 0.25) is 0 Å². The fraction of sp³-hybridized carbons (Fsp3) is 0.368. The highest BCUT2D eigenvalue weighted by molar-refractivity contribution is 5.97. The molecule has 126 valence electrons. The third kappa shape index (κ3) is 2.99. The van der Waals surface area contributed by atoms with Crippen LogP contribution in [0.3, 0.4) is 0 Å². The number of hydrogen-bond donors (Lipinski definition) is 0. The van der Waals surface area contributed by atoms with Crippen molar-refractivity contribution in [3.8, 4) is 0 Å². The molecule has 0 amide bonds. The zero-order chi connectivity index (χ0) is 17.2. The van der Waals surface area contributed by atoms with Crippen LogP contribution in [0.5, 0.6) is 0 Å². The maximum Gasteiger partial charge on any atom is 0.0588 e. The van der Waals surface area contributed by atoms with Crippen molar-refractivity contribution in [3.63, 3.8) is 0 Å². The molecular weight excluding hydrogens is 308 g/mol. The number of carboxylic acids is 2. The molecule has 0 saturated carbocycles. The van der Waals surface area contributed by atoms with Crippen molar-refractivity contribution >= 4 is 22.7 Å². The first-order valence-electron chi connectivity index (χ1n) is 8.04. The van der Waals surface area contributed by atoms with Crippen molar-refractivity contribution in [1.82, 2.24) is 0 Å². The lowest BCUT2D eigenvalue weighted by Crippen LogP contribution is -2.56. The van der Waals surface area contributed by atoms with Crippen LogP contribution in [0.4, 0.5) is 0 Å². The molecule has 1 atom stereocenters. The molecule has 0 unspecified atom stereocenters. The highest BCUT2D eigenvalue weighted by Crippen LogP contribution is 2.34. The Labute approximate surface area is 139 Å². The van der Waals surface area contributed by atoms with Crippen LogP contribution in [0.25, 0.3) is 10.8 Å². The minimum Gasteiger partial charge on any atom is -0.549 e. The molecule has 0 aliphatic carbocycles. The predicted molar refractivity (Wildman–Crippen MR) is 83.7 cm³/mol. The lowest BCUT2D eigenvalue weighted by molar-refractivity contribution is -0.344. The van der Waals surface area contributed by atoms with Crippen LogP contribution in [-0.2, 0) is 20.7 Å². The molecule has 0 spiro atoms. The van der Waals surface area contributed by atoms with Crippen LogP contribution in [-0.4, -0.2) is 24.6 Å². The van der Waals surface area contributed by atoms with Gasteiger partial charge >= 0.3 is 0 Å². The van der Waals surface area contributed by atoms with Gasteiger partial charge in [0.05, 0.1) is 23.5 Å². The molecule has 1 heterocycles. The predicted octanol–water partition coefficient (Wildman–Crippen LogP) is 0.438. The summed E-state index contributed by atoms with van der Waals surface area (Å²) in [4.78, 5) is 23.6. The highest BCUT2D eigenvalue weighted by atomic mass is 16.5. The molecule has 0 aromatic heterocycles. The number of ether oxygens (including phenoxy) is 1. The molecule has 5 heteroatoms. The van der Waals surface area contributed by atoms with Gasteiger partial charge in [0.1, 0.15) is 0 Å². The highest BCUT2D eigenvalue weighted by Gasteiger charge is 2.38. The van der Waals surface area contributed by atoms with Crippen molar-refractivity contribution in [2.24, 2.45) is 5.41 Å². The second-order valence-electron chi connectivity index (χ2n) is 6.31. The SMILES string of the molecule is O=C([O-])C(Cc1cccc2ccccc12)(C[C@H]1CCCO1)C(=O)[O-]. The van der Waals surface area contributed by atoms with Crippen molar-refractivity contribution in [2.45, 2.75) is 31.8 Å². The van der Waals surface area contributed by atoms with E-state index in [9.17, 15) is 19.8 Å². The Hall–Kier alpha value is -2.40. The third-order valence-electron chi connectivity index (χ3n) is 4.75. The quantitative estimate of drug-likeness (QED) is 0.719. The summed E-state index contributed by atoms with van der Waals surface area (Å²) in [6.45, 7) is 0.523. The maximum absolute atomic E-state index is 11.8. The first kappa shape index (κ1) is 16.5. The van der Waals surface area contributed by atoms with Gasteiger partial charge in [-0.2, -0.15) is 0 Å². The molecule has 3 rings (SSSR count). The second kappa shape index (κ2) is 6.61. The molecule has 0 bridgehead atoms. The first-order chi connectivity index (χ1) is 11.5. The van der Waals surface area contributed by atoms with Crippen LogP contribution in [0.1, 0.15) is 24.8 Å². The largest absolute Gasteiger partial charge is 0.549 e. The van der Waals surface area contributed by atoms with Crippen molar-refractivity contribution in [2.75, 3.05) is 6.61 Å². The number of carbonyl (C=O) groups excluding carboxylic acids is 2. The van der Waals surface area contributed by atoms with Crippen LogP contribution in [0, 0.1) is 5.41 Å². The van der Waals surface area contributed by atoms with E-state index in [1.165, 1.54) is 0 Å². The van der Waals surface area contributed by atoms with Gasteiger partial charge in [-0.25, -0.2) is 0 Å². The average Bonchev–Trinajstić information content (AvgIpc) is 3.07. The molecule has 24 heavy (non-hydrogen) atoms. The summed E-state index contributed by atoms with van der Waals surface area (Å²) in [6, 6.07) is 12.9. The molecule has 1 saturated heterocycles. The second-order valence-corrected chi connectivity index (χ2v) is 6.31. The van der Waals surface area contributed by atoms with Gasteiger partial charge in [-0.15, -0.1) is 0 Å². The Kier molecular flexibility index (Phi) is 4.53. The normalized spacial score (nSPS) is 17.9. The van der Waals surface area contributed by atoms with Gasteiger partial charge in [0.15, 0.2) is 0 Å². The molecule has 0 radical (unpaired) electrons. The van der Waals surface area contributed by atoms with Gasteiger partial charge in [-0.3, -0.25) is 0 Å². The minimum absolute atomic E-state index is 0.138. The number of rotatable bonds is 6. The van der Waals surface area contributed by atoms with E-state index < -0.39 is 23.5 Å². The van der Waals surface area contributed by atoms with Crippen molar-refractivity contribution < 1.29 is 24.5 Å². The number of carboxylic acid groups (broad SMARTS) is 2. The molecule has 1 aliphatic heterocycles. The van der Waals surface area contributed by atoms with E-state index >= 15 is 0 Å². The lowest BCUT2D eigenvalue weighted by atomic mass is 9.76. The van der Waals surface area contributed by atoms with Gasteiger partial charge < -0.3 is 24.5 Å².